The number of amides is 1. The summed E-state index contributed by atoms with van der Waals surface area (Å²) in [6, 6.07) is 14.6. The fourth-order valence-electron chi connectivity index (χ4n) is 2.88. The summed E-state index contributed by atoms with van der Waals surface area (Å²) < 4.78 is 13.8. The largest absolute Gasteiger partial charge is 0.334 e. The van der Waals surface area contributed by atoms with Crippen LogP contribution in [0.3, 0.4) is 0 Å². The van der Waals surface area contributed by atoms with Crippen LogP contribution < -0.4 is 10.6 Å². The Bertz CT molecular complexity index is 1140. The van der Waals surface area contributed by atoms with Gasteiger partial charge in [0, 0.05) is 17.5 Å². The van der Waals surface area contributed by atoms with Crippen molar-refractivity contribution < 1.29 is 14.1 Å². The number of carbonyl (C=O) groups excluding carboxylic acids is 1. The minimum Gasteiger partial charge on any atom is -0.334 e. The van der Waals surface area contributed by atoms with Gasteiger partial charge < -0.3 is 10.6 Å². The molecule has 1 heterocycles. The Morgan fingerprint density at radius 2 is 2.00 bits per heavy atom. The Kier molecular flexibility index (Phi) is 4.66. The van der Waals surface area contributed by atoms with Gasteiger partial charge in [-0.15, -0.1) is 0 Å². The number of amidine groups is 1. The Labute approximate surface area is 162 Å². The number of halogens is 1. The molecule has 1 aliphatic heterocycles. The molecule has 1 aliphatic rings. The number of benzene rings is 3. The lowest BCUT2D eigenvalue weighted by Crippen LogP contribution is -2.19. The van der Waals surface area contributed by atoms with E-state index in [0.29, 0.717) is 5.17 Å². The molecule has 9 heteroatoms. The molecule has 140 valence electrons. The second-order valence-corrected chi connectivity index (χ2v) is 6.94. The molecule has 4 rings (SSSR count). The van der Waals surface area contributed by atoms with Crippen LogP contribution in [-0.2, 0) is 4.79 Å². The molecule has 0 aromatic heterocycles. The van der Waals surface area contributed by atoms with Crippen LogP contribution in [0.15, 0.2) is 59.6 Å². The number of rotatable bonds is 4. The fraction of sp³-hybridized carbons (Fsp3) is 0.0526. The first-order valence-corrected chi connectivity index (χ1v) is 9.24. The van der Waals surface area contributed by atoms with Gasteiger partial charge >= 0.3 is 0 Å². The Morgan fingerprint density at radius 3 is 2.79 bits per heavy atom. The number of nitro groups is 1. The lowest BCUT2D eigenvalue weighted by molar-refractivity contribution is -0.384. The minimum absolute atomic E-state index is 0.0356. The standard InChI is InChI=1S/C19H13FN4O3S/c20-13-8-7-12(24(26)27)9-16(13)21-17(25)10-28-19-22-14-5-1-3-11-4-2-6-15(23-19)18(11)14/h1-9H,10H2,(H,21,25)(H,22,23). The van der Waals surface area contributed by atoms with Crippen molar-refractivity contribution in [3.63, 3.8) is 0 Å². The second-order valence-electron chi connectivity index (χ2n) is 5.98. The summed E-state index contributed by atoms with van der Waals surface area (Å²) in [6.45, 7) is 0. The zero-order valence-electron chi connectivity index (χ0n) is 14.3. The van der Waals surface area contributed by atoms with Gasteiger partial charge in [0.25, 0.3) is 5.69 Å². The van der Waals surface area contributed by atoms with E-state index in [2.05, 4.69) is 15.6 Å². The van der Waals surface area contributed by atoms with Crippen molar-refractivity contribution >= 4 is 56.4 Å². The molecule has 0 radical (unpaired) electrons. The van der Waals surface area contributed by atoms with E-state index < -0.39 is 16.6 Å². The Hall–Kier alpha value is -3.46. The van der Waals surface area contributed by atoms with E-state index in [1.54, 1.807) is 0 Å². The van der Waals surface area contributed by atoms with E-state index in [-0.39, 0.29) is 17.1 Å². The number of non-ortho nitro benzene ring substituents is 1. The summed E-state index contributed by atoms with van der Waals surface area (Å²) in [5.41, 5.74) is 1.18. The summed E-state index contributed by atoms with van der Waals surface area (Å²) in [4.78, 5) is 26.8. The quantitative estimate of drug-likeness (QED) is 0.493. The maximum absolute atomic E-state index is 13.8. The summed E-state index contributed by atoms with van der Waals surface area (Å²) in [5.74, 6) is -1.27. The Morgan fingerprint density at radius 1 is 1.21 bits per heavy atom. The van der Waals surface area contributed by atoms with Gasteiger partial charge in [-0.05, 0) is 23.6 Å². The first kappa shape index (κ1) is 17.9. The molecule has 3 aromatic rings. The van der Waals surface area contributed by atoms with Crippen LogP contribution >= 0.6 is 11.8 Å². The number of thioether (sulfide) groups is 1. The number of nitrogens with zero attached hydrogens (tertiary/aromatic N) is 2. The highest BCUT2D eigenvalue weighted by atomic mass is 32.2. The molecule has 0 saturated carbocycles. The molecule has 0 saturated heterocycles. The molecular formula is C19H13FN4O3S. The minimum atomic E-state index is -0.738. The number of hydrogen-bond acceptors (Lipinski definition) is 6. The smallest absolute Gasteiger partial charge is 0.271 e. The summed E-state index contributed by atoms with van der Waals surface area (Å²) in [6.07, 6.45) is 0. The van der Waals surface area contributed by atoms with Crippen LogP contribution in [0.4, 0.5) is 27.1 Å². The highest BCUT2D eigenvalue weighted by Crippen LogP contribution is 2.36. The van der Waals surface area contributed by atoms with Crippen LogP contribution in [0.2, 0.25) is 0 Å². The van der Waals surface area contributed by atoms with E-state index in [4.69, 9.17) is 0 Å². The molecule has 0 unspecified atom stereocenters. The van der Waals surface area contributed by atoms with Crippen molar-refractivity contribution in [1.82, 2.24) is 0 Å². The molecule has 0 bridgehead atoms. The third-order valence-electron chi connectivity index (χ3n) is 4.12. The number of aliphatic imine (C=N–C) groups is 1. The van der Waals surface area contributed by atoms with E-state index in [1.165, 1.54) is 0 Å². The van der Waals surface area contributed by atoms with Gasteiger partial charge in [-0.3, -0.25) is 14.9 Å². The first-order chi connectivity index (χ1) is 13.5. The van der Waals surface area contributed by atoms with E-state index in [0.717, 1.165) is 52.1 Å². The van der Waals surface area contributed by atoms with Gasteiger partial charge in [-0.1, -0.05) is 36.0 Å². The molecule has 1 amide bonds. The zero-order valence-corrected chi connectivity index (χ0v) is 15.1. The predicted molar refractivity (Wildman–Crippen MR) is 109 cm³/mol. The average molecular weight is 396 g/mol. The monoisotopic (exact) mass is 396 g/mol. The van der Waals surface area contributed by atoms with E-state index in [1.807, 2.05) is 36.4 Å². The van der Waals surface area contributed by atoms with Gasteiger partial charge in [-0.25, -0.2) is 9.38 Å². The summed E-state index contributed by atoms with van der Waals surface area (Å²) in [5, 5.41) is 19.0. The van der Waals surface area contributed by atoms with Crippen molar-refractivity contribution in [1.29, 1.82) is 0 Å². The second kappa shape index (κ2) is 7.28. The van der Waals surface area contributed by atoms with Crippen LogP contribution in [0.1, 0.15) is 0 Å². The third-order valence-corrected chi connectivity index (χ3v) is 4.99. The molecular weight excluding hydrogens is 383 g/mol. The highest BCUT2D eigenvalue weighted by molar-refractivity contribution is 8.14. The van der Waals surface area contributed by atoms with Crippen LogP contribution in [0, 0.1) is 15.9 Å². The van der Waals surface area contributed by atoms with E-state index >= 15 is 0 Å². The van der Waals surface area contributed by atoms with Crippen molar-refractivity contribution in [2.24, 2.45) is 4.99 Å². The molecule has 0 spiro atoms. The number of nitro benzene ring substituents is 1. The number of hydrogen-bond donors (Lipinski definition) is 2. The number of anilines is 2. The van der Waals surface area contributed by atoms with Crippen LogP contribution in [0.25, 0.3) is 10.8 Å². The predicted octanol–water partition coefficient (Wildman–Crippen LogP) is 4.67. The number of carbonyl (C=O) groups is 1. The maximum atomic E-state index is 13.8. The molecule has 0 atom stereocenters. The molecule has 0 fully saturated rings. The van der Waals surface area contributed by atoms with Crippen LogP contribution in [-0.4, -0.2) is 21.8 Å². The topological polar surface area (TPSA) is 96.6 Å². The van der Waals surface area contributed by atoms with Crippen molar-refractivity contribution in [3.8, 4) is 0 Å². The lowest BCUT2D eigenvalue weighted by atomic mass is 10.1. The lowest BCUT2D eigenvalue weighted by Gasteiger charge is -2.18. The normalized spacial score (nSPS) is 12.2. The van der Waals surface area contributed by atoms with E-state index in [9.17, 15) is 19.3 Å². The van der Waals surface area contributed by atoms with Crippen molar-refractivity contribution in [3.05, 3.63) is 70.5 Å². The van der Waals surface area contributed by atoms with Gasteiger partial charge in [-0.2, -0.15) is 0 Å². The van der Waals surface area contributed by atoms with Gasteiger partial charge in [0.15, 0.2) is 5.17 Å². The highest BCUT2D eigenvalue weighted by Gasteiger charge is 2.17. The third kappa shape index (κ3) is 3.52. The Balaban J connectivity index is 1.46. The fourth-order valence-corrected chi connectivity index (χ4v) is 3.57. The molecule has 2 N–H and O–H groups in total. The summed E-state index contributed by atoms with van der Waals surface area (Å²) >= 11 is 1.16. The maximum Gasteiger partial charge on any atom is 0.271 e. The van der Waals surface area contributed by atoms with Gasteiger partial charge in [0.05, 0.1) is 27.7 Å². The van der Waals surface area contributed by atoms with Gasteiger partial charge in [0.1, 0.15) is 5.82 Å². The average Bonchev–Trinajstić information content (AvgIpc) is 2.68. The molecule has 7 nitrogen and oxygen atoms in total. The summed E-state index contributed by atoms with van der Waals surface area (Å²) in [7, 11) is 0. The SMILES string of the molecule is O=C(CSC1=Nc2cccc3cccc(c23)N1)Nc1cc([N+](=O)[O-])ccc1F. The number of nitrogens with one attached hydrogen (secondary N) is 2. The molecule has 3 aromatic carbocycles. The molecule has 28 heavy (non-hydrogen) atoms. The zero-order chi connectivity index (χ0) is 19.7. The molecule has 0 aliphatic carbocycles. The van der Waals surface area contributed by atoms with Crippen LogP contribution in [0.5, 0.6) is 0 Å². The van der Waals surface area contributed by atoms with Crippen molar-refractivity contribution in [2.45, 2.75) is 0 Å². The first-order valence-electron chi connectivity index (χ1n) is 8.25. The van der Waals surface area contributed by atoms with Crippen molar-refractivity contribution in [2.75, 3.05) is 16.4 Å². The van der Waals surface area contributed by atoms with Gasteiger partial charge in [0.2, 0.25) is 5.91 Å².